The van der Waals surface area contributed by atoms with Gasteiger partial charge in [-0.2, -0.15) is 0 Å². The van der Waals surface area contributed by atoms with Crippen molar-refractivity contribution in [3.8, 4) is 0 Å². The second-order valence-corrected chi connectivity index (χ2v) is 10.7. The van der Waals surface area contributed by atoms with Gasteiger partial charge in [0.2, 0.25) is 0 Å². The topological polar surface area (TPSA) is 63.6 Å². The Morgan fingerprint density at radius 1 is 0.514 bits per heavy atom. The number of rotatable bonds is 28. The molecule has 0 amide bonds. The van der Waals surface area contributed by atoms with Gasteiger partial charge in [-0.3, -0.25) is 4.79 Å². The summed E-state index contributed by atoms with van der Waals surface area (Å²) in [7, 11) is 0. The molecule has 0 radical (unpaired) electrons. The Bertz CT molecular complexity index is 463. The summed E-state index contributed by atoms with van der Waals surface area (Å²) in [6.45, 7) is 3.55. The van der Waals surface area contributed by atoms with Gasteiger partial charge in [0.15, 0.2) is 6.10 Å². The van der Waals surface area contributed by atoms with Crippen molar-refractivity contribution in [2.75, 3.05) is 0 Å². The Morgan fingerprint density at radius 2 is 0.771 bits per heavy atom. The first-order valence-corrected chi connectivity index (χ1v) is 15.5. The van der Waals surface area contributed by atoms with Gasteiger partial charge in [-0.1, -0.05) is 161 Å². The Kier molecular flexibility index (Phi) is 26.7. The van der Waals surface area contributed by atoms with Crippen LogP contribution in [0.15, 0.2) is 0 Å². The second kappa shape index (κ2) is 27.5. The van der Waals surface area contributed by atoms with Gasteiger partial charge in [-0.15, -0.1) is 0 Å². The number of hydrogen-bond acceptors (Lipinski definition) is 3. The van der Waals surface area contributed by atoms with Gasteiger partial charge in [0.05, 0.1) is 0 Å². The molecule has 4 nitrogen and oxygen atoms in total. The Hall–Kier alpha value is -1.06. The quantitative estimate of drug-likeness (QED) is 0.0864. The molecule has 0 aromatic carbocycles. The van der Waals surface area contributed by atoms with Crippen molar-refractivity contribution in [1.29, 1.82) is 0 Å². The molecular weight excluding hydrogens is 436 g/mol. The highest BCUT2D eigenvalue weighted by atomic mass is 16.6. The van der Waals surface area contributed by atoms with E-state index in [9.17, 15) is 9.59 Å². The average Bonchev–Trinajstić information content (AvgIpc) is 2.83. The van der Waals surface area contributed by atoms with E-state index in [1.165, 1.54) is 148 Å². The zero-order chi connectivity index (χ0) is 25.8. The van der Waals surface area contributed by atoms with Gasteiger partial charge in [-0.05, 0) is 12.8 Å². The van der Waals surface area contributed by atoms with E-state index in [2.05, 4.69) is 6.92 Å². The van der Waals surface area contributed by atoms with E-state index in [1.54, 1.807) is 0 Å². The summed E-state index contributed by atoms with van der Waals surface area (Å²) in [4.78, 5) is 21.9. The minimum Gasteiger partial charge on any atom is -0.479 e. The molecule has 0 bridgehead atoms. The summed E-state index contributed by atoms with van der Waals surface area (Å²) >= 11 is 0. The summed E-state index contributed by atoms with van der Waals surface area (Å²) in [5.74, 6) is -1.55. The largest absolute Gasteiger partial charge is 0.479 e. The molecule has 1 atom stereocenters. The van der Waals surface area contributed by atoms with E-state index in [0.29, 0.717) is 6.42 Å². The molecule has 1 N–H and O–H groups in total. The normalized spacial score (nSPS) is 12.1. The fourth-order valence-corrected chi connectivity index (χ4v) is 4.90. The molecule has 35 heavy (non-hydrogen) atoms. The molecule has 4 heteroatoms. The summed E-state index contributed by atoms with van der Waals surface area (Å²) in [6, 6.07) is 0. The van der Waals surface area contributed by atoms with Crippen LogP contribution in [0.2, 0.25) is 0 Å². The fourth-order valence-electron chi connectivity index (χ4n) is 4.90. The fraction of sp³-hybridized carbons (Fsp3) is 0.935. The molecule has 0 aromatic heterocycles. The first kappa shape index (κ1) is 33.9. The van der Waals surface area contributed by atoms with Gasteiger partial charge < -0.3 is 9.84 Å². The summed E-state index contributed by atoms with van der Waals surface area (Å²) in [5, 5.41) is 9.03. The number of ether oxygens (including phenoxy) is 1. The number of carbonyl (C=O) groups is 2. The SMILES string of the molecule is CCCCCCCCCCCCCCCCCCCCCCCCCCCC(OC(C)=O)C(=O)O. The molecule has 0 heterocycles. The molecule has 0 saturated heterocycles. The first-order chi connectivity index (χ1) is 17.1. The van der Waals surface area contributed by atoms with Crippen molar-refractivity contribution in [1.82, 2.24) is 0 Å². The minimum absolute atomic E-state index is 0.425. The van der Waals surface area contributed by atoms with Crippen LogP contribution in [0.4, 0.5) is 0 Å². The Balaban J connectivity index is 3.17. The van der Waals surface area contributed by atoms with Crippen LogP contribution in [0.25, 0.3) is 0 Å². The number of carboxylic acids is 1. The predicted octanol–water partition coefficient (Wildman–Crippen LogP) is 10.2. The third kappa shape index (κ3) is 27.4. The van der Waals surface area contributed by atoms with Gasteiger partial charge >= 0.3 is 11.9 Å². The molecule has 1 unspecified atom stereocenters. The summed E-state index contributed by atoms with van der Waals surface area (Å²) in [6.07, 6.45) is 33.4. The third-order valence-corrected chi connectivity index (χ3v) is 7.15. The van der Waals surface area contributed by atoms with Gasteiger partial charge in [0.1, 0.15) is 0 Å². The molecule has 0 aromatic rings. The van der Waals surface area contributed by atoms with Crippen LogP contribution in [0.1, 0.15) is 181 Å². The molecule has 0 fully saturated rings. The molecule has 0 aliphatic carbocycles. The van der Waals surface area contributed by atoms with Crippen molar-refractivity contribution in [2.45, 2.75) is 187 Å². The van der Waals surface area contributed by atoms with E-state index in [4.69, 9.17) is 9.84 Å². The van der Waals surface area contributed by atoms with Crippen molar-refractivity contribution >= 4 is 11.9 Å². The number of carboxylic acid groups (broad SMARTS) is 1. The predicted molar refractivity (Wildman–Crippen MR) is 149 cm³/mol. The Labute approximate surface area is 218 Å². The van der Waals surface area contributed by atoms with Crippen LogP contribution in [0.3, 0.4) is 0 Å². The minimum atomic E-state index is -1.04. The zero-order valence-corrected chi connectivity index (χ0v) is 23.6. The first-order valence-electron chi connectivity index (χ1n) is 15.5. The number of hydrogen-bond donors (Lipinski definition) is 1. The third-order valence-electron chi connectivity index (χ3n) is 7.15. The van der Waals surface area contributed by atoms with Crippen molar-refractivity contribution < 1.29 is 19.4 Å². The van der Waals surface area contributed by atoms with E-state index in [0.717, 1.165) is 19.3 Å². The summed E-state index contributed by atoms with van der Waals surface area (Å²) in [5.41, 5.74) is 0. The van der Waals surface area contributed by atoms with Gasteiger partial charge in [-0.25, -0.2) is 4.79 Å². The second-order valence-electron chi connectivity index (χ2n) is 10.7. The van der Waals surface area contributed by atoms with E-state index in [1.807, 2.05) is 0 Å². The lowest BCUT2D eigenvalue weighted by atomic mass is 10.0. The standard InChI is InChI=1S/C31H60O4/c1-3-4-5-6-7-8-9-10-11-12-13-14-15-16-17-18-19-20-21-22-23-24-25-26-27-28-30(31(33)34)35-29(2)32/h30H,3-28H2,1-2H3,(H,33,34). The molecule has 0 aliphatic heterocycles. The molecular formula is C31H60O4. The molecule has 208 valence electrons. The maximum Gasteiger partial charge on any atom is 0.345 e. The van der Waals surface area contributed by atoms with E-state index >= 15 is 0 Å². The maximum absolute atomic E-state index is 11.0. The molecule has 0 aliphatic rings. The van der Waals surface area contributed by atoms with Crippen molar-refractivity contribution in [3.63, 3.8) is 0 Å². The van der Waals surface area contributed by atoms with Crippen molar-refractivity contribution in [3.05, 3.63) is 0 Å². The lowest BCUT2D eigenvalue weighted by molar-refractivity contribution is -0.163. The maximum atomic E-state index is 11.0. The van der Waals surface area contributed by atoms with E-state index in [-0.39, 0.29) is 0 Å². The molecule has 0 rings (SSSR count). The van der Waals surface area contributed by atoms with Crippen molar-refractivity contribution in [2.24, 2.45) is 0 Å². The molecule has 0 spiro atoms. The van der Waals surface area contributed by atoms with Crippen LogP contribution >= 0.6 is 0 Å². The average molecular weight is 497 g/mol. The van der Waals surface area contributed by atoms with Crippen LogP contribution in [0.5, 0.6) is 0 Å². The lowest BCUT2D eigenvalue weighted by Crippen LogP contribution is -2.25. The monoisotopic (exact) mass is 496 g/mol. The van der Waals surface area contributed by atoms with E-state index < -0.39 is 18.0 Å². The van der Waals surface area contributed by atoms with Gasteiger partial charge in [0.25, 0.3) is 0 Å². The highest BCUT2D eigenvalue weighted by Gasteiger charge is 2.19. The molecule has 0 saturated carbocycles. The zero-order valence-electron chi connectivity index (χ0n) is 23.6. The number of carbonyl (C=O) groups excluding carboxylic acids is 1. The van der Waals surface area contributed by atoms with Crippen LogP contribution < -0.4 is 0 Å². The highest BCUT2D eigenvalue weighted by molar-refractivity contribution is 5.76. The summed E-state index contributed by atoms with van der Waals surface area (Å²) < 4.78 is 4.83. The van der Waals surface area contributed by atoms with Crippen LogP contribution in [0, 0.1) is 0 Å². The lowest BCUT2D eigenvalue weighted by Gasteiger charge is -2.11. The smallest absolute Gasteiger partial charge is 0.345 e. The Morgan fingerprint density at radius 3 is 1.00 bits per heavy atom. The number of unbranched alkanes of at least 4 members (excludes halogenated alkanes) is 24. The van der Waals surface area contributed by atoms with Gasteiger partial charge in [0, 0.05) is 6.92 Å². The number of esters is 1. The number of aliphatic carboxylic acids is 1. The highest BCUT2D eigenvalue weighted by Crippen LogP contribution is 2.16. The van der Waals surface area contributed by atoms with Crippen LogP contribution in [-0.4, -0.2) is 23.1 Å². The van der Waals surface area contributed by atoms with Crippen LogP contribution in [-0.2, 0) is 14.3 Å².